The lowest BCUT2D eigenvalue weighted by molar-refractivity contribution is 0.0793. The number of carbonyl (C=O) groups excluding carboxylic acids is 2. The Balaban J connectivity index is 1.95. The summed E-state index contributed by atoms with van der Waals surface area (Å²) < 4.78 is 0. The monoisotopic (exact) mass is 275 g/mol. The van der Waals surface area contributed by atoms with Crippen LogP contribution in [0.2, 0.25) is 0 Å². The Labute approximate surface area is 119 Å². The highest BCUT2D eigenvalue weighted by Gasteiger charge is 2.19. The maximum absolute atomic E-state index is 12.2. The molecule has 1 aromatic carbocycles. The Morgan fingerprint density at radius 2 is 1.70 bits per heavy atom. The summed E-state index contributed by atoms with van der Waals surface area (Å²) in [7, 11) is 0. The topological polar surface area (TPSA) is 61.4 Å². The van der Waals surface area contributed by atoms with Crippen LogP contribution in [-0.2, 0) is 0 Å². The van der Waals surface area contributed by atoms with Gasteiger partial charge in [-0.15, -0.1) is 0 Å². The van der Waals surface area contributed by atoms with Gasteiger partial charge in [0.2, 0.25) is 0 Å². The molecule has 1 aliphatic rings. The summed E-state index contributed by atoms with van der Waals surface area (Å²) >= 11 is 0. The third-order valence-electron chi connectivity index (χ3n) is 3.20. The first kappa shape index (κ1) is 14.4. The van der Waals surface area contributed by atoms with E-state index in [4.69, 9.17) is 0 Å². The molecule has 0 radical (unpaired) electrons. The van der Waals surface area contributed by atoms with E-state index in [2.05, 4.69) is 10.6 Å². The van der Waals surface area contributed by atoms with Crippen molar-refractivity contribution in [2.75, 3.05) is 18.4 Å². The maximum atomic E-state index is 12.2. The number of hydrogen-bond acceptors (Lipinski definition) is 2. The van der Waals surface area contributed by atoms with E-state index >= 15 is 0 Å². The molecule has 0 spiro atoms. The van der Waals surface area contributed by atoms with Gasteiger partial charge in [0.25, 0.3) is 5.91 Å². The van der Waals surface area contributed by atoms with Crippen molar-refractivity contribution in [2.45, 2.75) is 32.7 Å². The van der Waals surface area contributed by atoms with Crippen molar-refractivity contribution in [3.63, 3.8) is 0 Å². The molecule has 0 saturated carbocycles. The van der Waals surface area contributed by atoms with Crippen molar-refractivity contribution in [3.05, 3.63) is 29.8 Å². The highest BCUT2D eigenvalue weighted by molar-refractivity contribution is 5.95. The van der Waals surface area contributed by atoms with E-state index in [1.165, 1.54) is 0 Å². The predicted molar refractivity (Wildman–Crippen MR) is 78.9 cm³/mol. The van der Waals surface area contributed by atoms with Gasteiger partial charge in [0.15, 0.2) is 0 Å². The van der Waals surface area contributed by atoms with Gasteiger partial charge in [-0.25, -0.2) is 4.79 Å². The van der Waals surface area contributed by atoms with Crippen LogP contribution in [0.4, 0.5) is 10.5 Å². The molecule has 1 heterocycles. The summed E-state index contributed by atoms with van der Waals surface area (Å²) in [6, 6.07) is 6.87. The van der Waals surface area contributed by atoms with E-state index < -0.39 is 0 Å². The minimum absolute atomic E-state index is 0.0701. The molecule has 2 rings (SSSR count). The molecular formula is C15H21N3O2. The van der Waals surface area contributed by atoms with E-state index in [1.807, 2.05) is 18.7 Å². The van der Waals surface area contributed by atoms with Crippen molar-refractivity contribution in [1.82, 2.24) is 10.2 Å². The largest absolute Gasteiger partial charge is 0.339 e. The fraction of sp³-hybridized carbons (Fsp3) is 0.467. The second kappa shape index (κ2) is 6.41. The van der Waals surface area contributed by atoms with Crippen LogP contribution in [-0.4, -0.2) is 36.0 Å². The Morgan fingerprint density at radius 1 is 1.10 bits per heavy atom. The number of benzene rings is 1. The van der Waals surface area contributed by atoms with Crippen molar-refractivity contribution >= 4 is 17.6 Å². The predicted octanol–water partition coefficient (Wildman–Crippen LogP) is 2.45. The summed E-state index contributed by atoms with van der Waals surface area (Å²) in [5.41, 5.74) is 1.35. The highest BCUT2D eigenvalue weighted by atomic mass is 16.2. The standard InChI is InChI=1S/C15H21N3O2/c1-11(2)16-15(20)17-13-7-5-12(6-8-13)14(19)18-9-3-4-10-18/h5-8,11H,3-4,9-10H2,1-2H3,(H2,16,17,20). The third-order valence-corrected chi connectivity index (χ3v) is 3.20. The number of urea groups is 1. The Morgan fingerprint density at radius 3 is 2.25 bits per heavy atom. The molecule has 108 valence electrons. The number of rotatable bonds is 3. The van der Waals surface area contributed by atoms with Crippen LogP contribution in [0.5, 0.6) is 0 Å². The van der Waals surface area contributed by atoms with E-state index in [1.54, 1.807) is 24.3 Å². The van der Waals surface area contributed by atoms with E-state index in [9.17, 15) is 9.59 Å². The number of hydrogen-bond donors (Lipinski definition) is 2. The fourth-order valence-corrected chi connectivity index (χ4v) is 2.23. The van der Waals surface area contributed by atoms with E-state index in [-0.39, 0.29) is 18.0 Å². The summed E-state index contributed by atoms with van der Waals surface area (Å²) in [5.74, 6) is 0.0701. The van der Waals surface area contributed by atoms with Crippen LogP contribution in [0.1, 0.15) is 37.0 Å². The first-order valence-corrected chi connectivity index (χ1v) is 7.03. The first-order chi connectivity index (χ1) is 9.56. The van der Waals surface area contributed by atoms with Crippen molar-refractivity contribution in [1.29, 1.82) is 0 Å². The molecule has 1 aromatic rings. The zero-order chi connectivity index (χ0) is 14.5. The molecule has 2 N–H and O–H groups in total. The molecule has 0 atom stereocenters. The van der Waals surface area contributed by atoms with Gasteiger partial charge in [-0.3, -0.25) is 4.79 Å². The second-order valence-corrected chi connectivity index (χ2v) is 5.33. The number of anilines is 1. The number of nitrogens with zero attached hydrogens (tertiary/aromatic N) is 1. The van der Waals surface area contributed by atoms with Crippen molar-refractivity contribution in [2.24, 2.45) is 0 Å². The highest BCUT2D eigenvalue weighted by Crippen LogP contribution is 2.15. The lowest BCUT2D eigenvalue weighted by Gasteiger charge is -2.15. The Kier molecular flexibility index (Phi) is 4.61. The minimum Gasteiger partial charge on any atom is -0.339 e. The van der Waals surface area contributed by atoms with Gasteiger partial charge in [0, 0.05) is 30.4 Å². The van der Waals surface area contributed by atoms with E-state index in [0.717, 1.165) is 25.9 Å². The van der Waals surface area contributed by atoms with Gasteiger partial charge in [-0.05, 0) is 51.0 Å². The molecule has 0 aromatic heterocycles. The van der Waals surface area contributed by atoms with Crippen LogP contribution < -0.4 is 10.6 Å². The maximum Gasteiger partial charge on any atom is 0.319 e. The zero-order valence-corrected chi connectivity index (χ0v) is 12.0. The molecule has 5 heteroatoms. The van der Waals surface area contributed by atoms with Crippen LogP contribution in [0.3, 0.4) is 0 Å². The van der Waals surface area contributed by atoms with Crippen LogP contribution in [0.25, 0.3) is 0 Å². The lowest BCUT2D eigenvalue weighted by Crippen LogP contribution is -2.34. The normalized spacial score (nSPS) is 14.4. The number of amides is 3. The number of carbonyl (C=O) groups is 2. The van der Waals surface area contributed by atoms with Gasteiger partial charge in [-0.1, -0.05) is 0 Å². The molecular weight excluding hydrogens is 254 g/mol. The lowest BCUT2D eigenvalue weighted by atomic mass is 10.2. The fourth-order valence-electron chi connectivity index (χ4n) is 2.23. The molecule has 1 saturated heterocycles. The van der Waals surface area contributed by atoms with E-state index in [0.29, 0.717) is 11.3 Å². The summed E-state index contributed by atoms with van der Waals surface area (Å²) in [4.78, 5) is 25.6. The molecule has 5 nitrogen and oxygen atoms in total. The van der Waals surface area contributed by atoms with Gasteiger partial charge in [0.1, 0.15) is 0 Å². The minimum atomic E-state index is -0.237. The van der Waals surface area contributed by atoms with Crippen molar-refractivity contribution in [3.8, 4) is 0 Å². The molecule has 20 heavy (non-hydrogen) atoms. The molecule has 0 aliphatic carbocycles. The summed E-state index contributed by atoms with van der Waals surface area (Å²) in [6.45, 7) is 5.49. The zero-order valence-electron chi connectivity index (χ0n) is 12.0. The average Bonchev–Trinajstić information content (AvgIpc) is 2.91. The Bertz CT molecular complexity index is 476. The van der Waals surface area contributed by atoms with Gasteiger partial charge >= 0.3 is 6.03 Å². The van der Waals surface area contributed by atoms with Gasteiger partial charge in [-0.2, -0.15) is 0 Å². The van der Waals surface area contributed by atoms with Gasteiger partial charge in [0.05, 0.1) is 0 Å². The number of likely N-dealkylation sites (tertiary alicyclic amines) is 1. The third kappa shape index (κ3) is 3.73. The number of nitrogens with one attached hydrogen (secondary N) is 2. The molecule has 1 fully saturated rings. The molecule has 0 bridgehead atoms. The van der Waals surface area contributed by atoms with Gasteiger partial charge < -0.3 is 15.5 Å². The van der Waals surface area contributed by atoms with Crippen LogP contribution in [0.15, 0.2) is 24.3 Å². The smallest absolute Gasteiger partial charge is 0.319 e. The SMILES string of the molecule is CC(C)NC(=O)Nc1ccc(C(=O)N2CCCC2)cc1. The van der Waals surface area contributed by atoms with Crippen LogP contribution in [0, 0.1) is 0 Å². The molecule has 1 aliphatic heterocycles. The van der Waals surface area contributed by atoms with Crippen molar-refractivity contribution < 1.29 is 9.59 Å². The summed E-state index contributed by atoms with van der Waals surface area (Å²) in [5, 5.41) is 5.48. The quantitative estimate of drug-likeness (QED) is 0.890. The van der Waals surface area contributed by atoms with Crippen LogP contribution >= 0.6 is 0 Å². The summed E-state index contributed by atoms with van der Waals surface area (Å²) in [6.07, 6.45) is 2.17. The second-order valence-electron chi connectivity index (χ2n) is 5.33. The average molecular weight is 275 g/mol. The Hall–Kier alpha value is -2.04. The first-order valence-electron chi connectivity index (χ1n) is 7.03. The molecule has 0 unspecified atom stereocenters. The molecule has 3 amide bonds.